The molecule has 0 unspecified atom stereocenters. The lowest BCUT2D eigenvalue weighted by molar-refractivity contribution is 0.649. The highest BCUT2D eigenvalue weighted by Gasteiger charge is 2.53. The van der Waals surface area contributed by atoms with E-state index in [0.29, 0.717) is 0 Å². The molecule has 0 aliphatic heterocycles. The molecule has 0 fully saturated rings. The molecule has 2 heteroatoms. The molecule has 1 N–H and O–H groups in total. The van der Waals surface area contributed by atoms with Crippen LogP contribution in [0.4, 0.5) is 28.4 Å². The zero-order chi connectivity index (χ0) is 99.1. The van der Waals surface area contributed by atoms with Crippen LogP contribution in [0.5, 0.6) is 0 Å². The summed E-state index contributed by atoms with van der Waals surface area (Å²) >= 11 is 0. The van der Waals surface area contributed by atoms with Gasteiger partial charge >= 0.3 is 0 Å². The van der Waals surface area contributed by atoms with E-state index >= 15 is 0 Å². The molecule has 0 amide bonds. The van der Waals surface area contributed by atoms with E-state index in [4.69, 9.17) is 0 Å². The van der Waals surface area contributed by atoms with Crippen LogP contribution < -0.4 is 10.2 Å². The van der Waals surface area contributed by atoms with Crippen LogP contribution in [-0.2, 0) is 65.0 Å². The van der Waals surface area contributed by atoms with Crippen LogP contribution in [0.25, 0.3) is 144 Å². The lowest BCUT2D eigenvalue weighted by atomic mass is 9.78. The van der Waals surface area contributed by atoms with Crippen molar-refractivity contribution in [1.82, 2.24) is 0 Å². The third-order valence-corrected chi connectivity index (χ3v) is 39.5. The van der Waals surface area contributed by atoms with Crippen LogP contribution in [0.3, 0.4) is 0 Å². The molecule has 0 aromatic heterocycles. The van der Waals surface area contributed by atoms with Gasteiger partial charge in [-0.1, -0.05) is 324 Å². The molecule has 30 rings (SSSR count). The Morgan fingerprint density at radius 1 is 0.139 bits per heavy atom. The summed E-state index contributed by atoms with van der Waals surface area (Å²) in [6.07, 6.45) is 0. The largest absolute Gasteiger partial charge is 0.356 e. The van der Waals surface area contributed by atoms with Gasteiger partial charge in [-0.2, -0.15) is 0 Å². The van der Waals surface area contributed by atoms with Crippen molar-refractivity contribution in [3.8, 4) is 134 Å². The predicted molar refractivity (Wildman–Crippen MR) is 606 cm³/mol. The minimum absolute atomic E-state index is 0.0290. The van der Waals surface area contributed by atoms with Crippen molar-refractivity contribution < 1.29 is 0 Å². The van der Waals surface area contributed by atoms with Crippen molar-refractivity contribution >= 4 is 39.2 Å². The molecule has 0 heterocycles. The average molecular weight is 1860 g/mol. The monoisotopic (exact) mass is 1860 g/mol. The van der Waals surface area contributed by atoms with Gasteiger partial charge in [-0.05, 0) is 424 Å². The smallest absolute Gasteiger partial charge is 0.0540 e. The summed E-state index contributed by atoms with van der Waals surface area (Å²) in [6.45, 7) is 58.3. The van der Waals surface area contributed by atoms with Gasteiger partial charge < -0.3 is 10.2 Å². The van der Waals surface area contributed by atoms with Gasteiger partial charge in [0.05, 0.1) is 5.69 Å². The van der Waals surface area contributed by atoms with Gasteiger partial charge in [-0.15, -0.1) is 0 Å². The van der Waals surface area contributed by atoms with Crippen LogP contribution >= 0.6 is 0 Å². The molecule has 12 aliphatic carbocycles. The third kappa shape index (κ3) is 10.7. The minimum Gasteiger partial charge on any atom is -0.356 e. The minimum atomic E-state index is -0.229. The number of benzene rings is 18. The van der Waals surface area contributed by atoms with Crippen molar-refractivity contribution in [1.29, 1.82) is 0 Å². The quantitative estimate of drug-likeness (QED) is 0.185. The molecule has 0 radical (unpaired) electrons. The van der Waals surface area contributed by atoms with E-state index in [1.165, 1.54) is 295 Å². The molecule has 18 aromatic carbocycles. The predicted octanol–water partition coefficient (Wildman–Crippen LogP) is 37.4. The first-order valence-electron chi connectivity index (χ1n) is 53.0. The third-order valence-electron chi connectivity index (χ3n) is 39.5. The van der Waals surface area contributed by atoms with E-state index < -0.39 is 0 Å². The zero-order valence-corrected chi connectivity index (χ0v) is 87.9. The summed E-state index contributed by atoms with van der Waals surface area (Å²) in [6, 6.07) is 122. The van der Waals surface area contributed by atoms with Crippen molar-refractivity contribution in [3.63, 3.8) is 0 Å². The topological polar surface area (TPSA) is 15.3 Å². The van der Waals surface area contributed by atoms with Gasteiger partial charge in [0, 0.05) is 93.1 Å². The standard InChI is InChI=1S/C76H65N.C66H59N/c1-71(2)58-25-17-15-23-46(58)50-34-66-54(38-62(50)71)56-40-64-52(36-68(56)75(66,9)10)48-30-28-43(32-60(48)73(64,5)6)77(70-27-19-21-42-20-13-14-22-45(42)70)44-29-31-49-53-37-69-57(41-65(53)74(7,8)61(49)33-44)55-39-63-51(35-67(55)76(69,11)12)47-24-16-18-26-59(47)72(63,3)4;1-61(2)49-19-15-13-17-37(49)41-27-57-45(31-53(41)61)47-33-55-43(29-59(47)65(57,9)10)39-23-21-35(25-51(39)63(55,5)6)67-36-22-24-40-44-30-60-48(34-56(44)64(7,8)52(40)26-36)46-32-54-42(28-58(46)66(60,11)12)38-18-14-16-20-50(38)62(54,3)4/h13-41H,1-12H3;13-34,67H,1-12H3. The second-order valence-electron chi connectivity index (χ2n) is 51.2. The zero-order valence-electron chi connectivity index (χ0n) is 87.9. The Labute approximate surface area is 850 Å². The highest BCUT2D eigenvalue weighted by molar-refractivity contribution is 6.04. The van der Waals surface area contributed by atoms with Crippen LogP contribution in [0, 0.1) is 0 Å². The number of hydrogen-bond acceptors (Lipinski definition) is 2. The number of nitrogens with zero attached hydrogens (tertiary/aromatic N) is 1. The van der Waals surface area contributed by atoms with E-state index in [1.807, 2.05) is 0 Å². The van der Waals surface area contributed by atoms with Crippen LogP contribution in [-0.4, -0.2) is 0 Å². The Hall–Kier alpha value is -14.2. The van der Waals surface area contributed by atoms with E-state index in [1.54, 1.807) is 0 Å². The van der Waals surface area contributed by atoms with E-state index in [0.717, 1.165) is 11.4 Å². The molecule has 0 bridgehead atoms. The summed E-state index contributed by atoms with van der Waals surface area (Å²) in [5, 5.41) is 6.39. The fourth-order valence-corrected chi connectivity index (χ4v) is 31.0. The Morgan fingerprint density at radius 3 is 0.556 bits per heavy atom. The molecule has 144 heavy (non-hydrogen) atoms. The number of anilines is 5. The molecule has 12 aliphatic rings. The van der Waals surface area contributed by atoms with Gasteiger partial charge in [0.25, 0.3) is 0 Å². The van der Waals surface area contributed by atoms with Crippen LogP contribution in [0.15, 0.2) is 309 Å². The summed E-state index contributed by atoms with van der Waals surface area (Å²) in [5.41, 5.74) is 72.1. The van der Waals surface area contributed by atoms with Crippen molar-refractivity contribution in [3.05, 3.63) is 443 Å². The highest BCUT2D eigenvalue weighted by atomic mass is 15.1. The van der Waals surface area contributed by atoms with E-state index in [9.17, 15) is 0 Å². The maximum absolute atomic E-state index is 3.91. The molecule has 2 nitrogen and oxygen atoms in total. The lowest BCUT2D eigenvalue weighted by Crippen LogP contribution is -2.18. The van der Waals surface area contributed by atoms with Crippen LogP contribution in [0.2, 0.25) is 0 Å². The summed E-state index contributed by atoms with van der Waals surface area (Å²) in [4.78, 5) is 2.56. The number of nitrogens with one attached hydrogen (secondary N) is 1. The van der Waals surface area contributed by atoms with E-state index in [-0.39, 0.29) is 65.0 Å². The Kier molecular flexibility index (Phi) is 16.4. The highest BCUT2D eigenvalue weighted by Crippen LogP contribution is 2.68. The Morgan fingerprint density at radius 2 is 0.312 bits per heavy atom. The van der Waals surface area contributed by atoms with Gasteiger partial charge in [0.15, 0.2) is 0 Å². The molecule has 0 saturated heterocycles. The van der Waals surface area contributed by atoms with Gasteiger partial charge in [0.2, 0.25) is 0 Å². The fraction of sp³-hybridized carbons (Fsp3) is 0.254. The second kappa shape index (κ2) is 27.3. The molecule has 0 atom stereocenters. The number of fused-ring (bicyclic) bond motifs is 37. The van der Waals surface area contributed by atoms with Gasteiger partial charge in [-0.25, -0.2) is 0 Å². The molecule has 0 spiro atoms. The molecule has 0 saturated carbocycles. The van der Waals surface area contributed by atoms with Gasteiger partial charge in [0.1, 0.15) is 0 Å². The fourth-order valence-electron chi connectivity index (χ4n) is 31.0. The summed E-state index contributed by atoms with van der Waals surface area (Å²) < 4.78 is 0. The van der Waals surface area contributed by atoms with Crippen LogP contribution in [0.1, 0.15) is 300 Å². The summed E-state index contributed by atoms with van der Waals surface area (Å²) in [7, 11) is 0. The first-order chi connectivity index (χ1) is 68.4. The molecule has 702 valence electrons. The number of rotatable bonds is 5. The molecule has 18 aromatic rings. The maximum Gasteiger partial charge on any atom is 0.0540 e. The van der Waals surface area contributed by atoms with E-state index in [2.05, 4.69) is 486 Å². The normalized spacial score (nSPS) is 18.4. The van der Waals surface area contributed by atoms with Crippen molar-refractivity contribution in [2.45, 2.75) is 231 Å². The number of hydrogen-bond donors (Lipinski definition) is 1. The SMILES string of the molecule is CC1(C)c2ccccc2-c2cc3c(cc21)-c1cc2c(cc1C3(C)C)-c1ccc(N(c3ccc4c(c3)C(C)(C)c3cc5c(cc3-4)C(C)(C)c3cc4c(cc3-5)C(C)(C)c3ccccc3-4)c3cccc4ccccc34)cc1C2(C)C.CC1(C)c2ccccc2-c2cc3c(cc21)-c1cc2c(cc1C3(C)C)-c1ccc(Nc3ccc4c(c3)C(C)(C)c3cc5c(cc3-4)C(C)(C)c3cc4c(cc3-5)C(C)(C)c3ccccc3-4)cc1C2(C)C. The molecular weight excluding hydrogens is 1730 g/mol. The maximum atomic E-state index is 3.91. The second-order valence-corrected chi connectivity index (χ2v) is 51.2. The lowest BCUT2D eigenvalue weighted by Gasteiger charge is -2.30. The molecular formula is C142H124N2. The first-order valence-corrected chi connectivity index (χ1v) is 53.0. The Balaban J connectivity index is 0.000000138. The Bertz CT molecular complexity index is 8590. The summed E-state index contributed by atoms with van der Waals surface area (Å²) in [5.74, 6) is 0. The van der Waals surface area contributed by atoms with Gasteiger partial charge in [-0.3, -0.25) is 0 Å². The first kappa shape index (κ1) is 86.5. The van der Waals surface area contributed by atoms with Crippen molar-refractivity contribution in [2.75, 3.05) is 10.2 Å². The average Bonchev–Trinajstić information content (AvgIpc) is 1.53. The van der Waals surface area contributed by atoms with Crippen molar-refractivity contribution in [2.24, 2.45) is 0 Å².